The lowest BCUT2D eigenvalue weighted by molar-refractivity contribution is -0.161. The molecule has 0 amide bonds. The molecule has 0 spiro atoms. The van der Waals surface area contributed by atoms with Crippen LogP contribution in [0.2, 0.25) is 0 Å². The fourth-order valence-corrected chi connectivity index (χ4v) is 7.82. The summed E-state index contributed by atoms with van der Waals surface area (Å²) in [6.45, 7) is 2.34. The highest BCUT2D eigenvalue weighted by Gasteiger charge is 2.27. The SMILES string of the molecule is CCC/C=C\C/C=C\CCCCCCCC(=O)OC(COC(=O)CCCCCCCCCCCCCCCCCCCCCCCCCC)COP(=O)(O)OCC(O)CO. The fourth-order valence-electron chi connectivity index (χ4n) is 7.03. The van der Waals surface area contributed by atoms with Crippen molar-refractivity contribution in [1.29, 1.82) is 0 Å². The van der Waals surface area contributed by atoms with Crippen molar-refractivity contribution in [2.45, 2.75) is 251 Å². The minimum absolute atomic E-state index is 0.171. The Hall–Kier alpha value is -1.55. The van der Waals surface area contributed by atoms with Gasteiger partial charge in [0.1, 0.15) is 12.7 Å². The molecule has 0 aromatic heterocycles. The molecule has 0 saturated heterocycles. The third-order valence-corrected chi connectivity index (χ3v) is 11.8. The number of phosphoric ester groups is 1. The first-order valence-electron chi connectivity index (χ1n) is 24.8. The lowest BCUT2D eigenvalue weighted by atomic mass is 10.0. The Morgan fingerprint density at radius 3 is 1.35 bits per heavy atom. The second-order valence-electron chi connectivity index (χ2n) is 16.8. The van der Waals surface area contributed by atoms with E-state index in [2.05, 4.69) is 38.2 Å². The molecule has 0 saturated carbocycles. The van der Waals surface area contributed by atoms with E-state index in [9.17, 15) is 24.2 Å². The van der Waals surface area contributed by atoms with E-state index in [-0.39, 0.29) is 19.4 Å². The smallest absolute Gasteiger partial charge is 0.462 e. The number of aliphatic hydroxyl groups is 2. The van der Waals surface area contributed by atoms with Crippen LogP contribution in [-0.4, -0.2) is 65.7 Å². The molecule has 0 aliphatic heterocycles. The van der Waals surface area contributed by atoms with Crippen LogP contribution < -0.4 is 0 Å². The van der Waals surface area contributed by atoms with Gasteiger partial charge in [-0.1, -0.05) is 212 Å². The van der Waals surface area contributed by atoms with E-state index in [1.54, 1.807) is 0 Å². The van der Waals surface area contributed by atoms with Gasteiger partial charge in [-0.2, -0.15) is 0 Å². The zero-order chi connectivity index (χ0) is 44.0. The highest BCUT2D eigenvalue weighted by molar-refractivity contribution is 7.47. The minimum Gasteiger partial charge on any atom is -0.462 e. The number of phosphoric acid groups is 1. The predicted molar refractivity (Wildman–Crippen MR) is 247 cm³/mol. The van der Waals surface area contributed by atoms with Crippen molar-refractivity contribution in [2.24, 2.45) is 0 Å². The van der Waals surface area contributed by atoms with Crippen molar-refractivity contribution in [2.75, 3.05) is 26.4 Å². The molecular formula is C49H93O10P. The number of hydrogen-bond donors (Lipinski definition) is 3. The molecule has 354 valence electrons. The molecule has 0 fully saturated rings. The number of unbranched alkanes of at least 4 members (excludes halogenated alkanes) is 29. The van der Waals surface area contributed by atoms with E-state index < -0.39 is 51.8 Å². The second-order valence-corrected chi connectivity index (χ2v) is 18.3. The zero-order valence-electron chi connectivity index (χ0n) is 38.7. The van der Waals surface area contributed by atoms with Gasteiger partial charge in [-0.3, -0.25) is 18.6 Å². The molecule has 11 heteroatoms. The maximum absolute atomic E-state index is 12.6. The van der Waals surface area contributed by atoms with Gasteiger partial charge in [-0.05, 0) is 38.5 Å². The van der Waals surface area contributed by atoms with Gasteiger partial charge in [0.2, 0.25) is 0 Å². The van der Waals surface area contributed by atoms with Gasteiger partial charge in [0, 0.05) is 12.8 Å². The number of allylic oxidation sites excluding steroid dienone is 4. The molecule has 0 aromatic carbocycles. The van der Waals surface area contributed by atoms with Crippen LogP contribution in [0.4, 0.5) is 0 Å². The van der Waals surface area contributed by atoms with Crippen molar-refractivity contribution in [3.05, 3.63) is 24.3 Å². The van der Waals surface area contributed by atoms with Crippen molar-refractivity contribution >= 4 is 19.8 Å². The number of carbonyl (C=O) groups is 2. The van der Waals surface area contributed by atoms with E-state index >= 15 is 0 Å². The zero-order valence-corrected chi connectivity index (χ0v) is 39.6. The summed E-state index contributed by atoms with van der Waals surface area (Å²) in [4.78, 5) is 35.1. The molecule has 0 aliphatic rings. The number of hydrogen-bond acceptors (Lipinski definition) is 9. The minimum atomic E-state index is -4.62. The van der Waals surface area contributed by atoms with Crippen molar-refractivity contribution in [1.82, 2.24) is 0 Å². The molecule has 0 rings (SSSR count). The lowest BCUT2D eigenvalue weighted by Gasteiger charge is -2.20. The Morgan fingerprint density at radius 2 is 0.900 bits per heavy atom. The van der Waals surface area contributed by atoms with Crippen LogP contribution in [0, 0.1) is 0 Å². The summed E-state index contributed by atoms with van der Waals surface area (Å²) in [7, 11) is -4.62. The summed E-state index contributed by atoms with van der Waals surface area (Å²) in [5.74, 6) is -0.930. The average Bonchev–Trinajstić information content (AvgIpc) is 3.24. The van der Waals surface area contributed by atoms with Crippen LogP contribution in [0.1, 0.15) is 239 Å². The first-order valence-corrected chi connectivity index (χ1v) is 26.3. The van der Waals surface area contributed by atoms with Crippen LogP contribution in [0.3, 0.4) is 0 Å². The topological polar surface area (TPSA) is 149 Å². The molecule has 0 bridgehead atoms. The van der Waals surface area contributed by atoms with E-state index in [4.69, 9.17) is 23.6 Å². The van der Waals surface area contributed by atoms with Gasteiger partial charge < -0.3 is 24.6 Å². The molecule has 10 nitrogen and oxygen atoms in total. The standard InChI is InChI=1S/C49H93O10P/c1-3-5-7-9-11-13-15-17-18-19-20-21-22-23-24-25-26-27-29-30-32-34-36-38-40-48(52)56-44-47(45-58-60(54,55)57-43-46(51)42-50)59-49(53)41-39-37-35-33-31-28-16-14-12-10-8-6-4-2/h8,10,14,16,46-47,50-51H,3-7,9,11-13,15,17-45H2,1-2H3,(H,54,55)/b10-8-,16-14-. The molecule has 3 N–H and O–H groups in total. The summed E-state index contributed by atoms with van der Waals surface area (Å²) in [6, 6.07) is 0. The number of carbonyl (C=O) groups excluding carboxylic acids is 2. The Balaban J connectivity index is 4.08. The van der Waals surface area contributed by atoms with Crippen LogP contribution in [0.5, 0.6) is 0 Å². The van der Waals surface area contributed by atoms with E-state index in [0.29, 0.717) is 12.8 Å². The number of rotatable bonds is 47. The van der Waals surface area contributed by atoms with Crippen LogP contribution in [0.15, 0.2) is 24.3 Å². The van der Waals surface area contributed by atoms with Gasteiger partial charge in [-0.15, -0.1) is 0 Å². The van der Waals surface area contributed by atoms with Gasteiger partial charge in [-0.25, -0.2) is 4.57 Å². The first kappa shape index (κ1) is 58.5. The molecular weight excluding hydrogens is 780 g/mol. The number of esters is 2. The summed E-state index contributed by atoms with van der Waals surface area (Å²) < 4.78 is 32.8. The highest BCUT2D eigenvalue weighted by atomic mass is 31.2. The number of ether oxygens (including phenoxy) is 2. The largest absolute Gasteiger partial charge is 0.472 e. The summed E-state index contributed by atoms with van der Waals surface area (Å²) in [5, 5.41) is 18.4. The van der Waals surface area contributed by atoms with Gasteiger partial charge >= 0.3 is 19.8 Å². The number of aliphatic hydroxyl groups excluding tert-OH is 2. The summed E-state index contributed by atoms with van der Waals surface area (Å²) in [6.07, 6.45) is 47.3. The maximum atomic E-state index is 12.6. The second kappa shape index (κ2) is 45.5. The van der Waals surface area contributed by atoms with Crippen LogP contribution >= 0.6 is 7.82 Å². The third-order valence-electron chi connectivity index (χ3n) is 10.8. The highest BCUT2D eigenvalue weighted by Crippen LogP contribution is 2.43. The van der Waals surface area contributed by atoms with Crippen molar-refractivity contribution in [3.63, 3.8) is 0 Å². The Kier molecular flexibility index (Phi) is 44.3. The van der Waals surface area contributed by atoms with E-state index in [0.717, 1.165) is 64.2 Å². The normalized spacial score (nSPS) is 13.9. The van der Waals surface area contributed by atoms with Gasteiger partial charge in [0.05, 0.1) is 19.8 Å². The molecule has 0 radical (unpaired) electrons. The van der Waals surface area contributed by atoms with Crippen LogP contribution in [0.25, 0.3) is 0 Å². The van der Waals surface area contributed by atoms with Gasteiger partial charge in [0.15, 0.2) is 6.10 Å². The first-order chi connectivity index (χ1) is 29.2. The Morgan fingerprint density at radius 1 is 0.500 bits per heavy atom. The van der Waals surface area contributed by atoms with Crippen molar-refractivity contribution in [3.8, 4) is 0 Å². The molecule has 0 aliphatic carbocycles. The Bertz CT molecular complexity index is 1050. The summed E-state index contributed by atoms with van der Waals surface area (Å²) >= 11 is 0. The maximum Gasteiger partial charge on any atom is 0.472 e. The third kappa shape index (κ3) is 44.5. The van der Waals surface area contributed by atoms with E-state index in [1.165, 1.54) is 135 Å². The van der Waals surface area contributed by atoms with Gasteiger partial charge in [0.25, 0.3) is 0 Å². The molecule has 60 heavy (non-hydrogen) atoms. The lowest BCUT2D eigenvalue weighted by Crippen LogP contribution is -2.29. The van der Waals surface area contributed by atoms with Crippen LogP contribution in [-0.2, 0) is 32.7 Å². The quantitative estimate of drug-likeness (QED) is 0.0233. The summed E-state index contributed by atoms with van der Waals surface area (Å²) in [5.41, 5.74) is 0. The predicted octanol–water partition coefficient (Wildman–Crippen LogP) is 13.7. The molecule has 0 heterocycles. The molecule has 3 unspecified atom stereocenters. The molecule has 0 aromatic rings. The monoisotopic (exact) mass is 873 g/mol. The Labute approximate surface area is 368 Å². The average molecular weight is 873 g/mol. The van der Waals surface area contributed by atoms with E-state index in [1.807, 2.05) is 0 Å². The van der Waals surface area contributed by atoms with Crippen molar-refractivity contribution < 1.29 is 47.8 Å². The molecule has 3 atom stereocenters. The fraction of sp³-hybridized carbons (Fsp3) is 0.878.